The van der Waals surface area contributed by atoms with Crippen molar-refractivity contribution in [2.75, 3.05) is 11.9 Å². The summed E-state index contributed by atoms with van der Waals surface area (Å²) in [5.41, 5.74) is 1.89. The highest BCUT2D eigenvalue weighted by Crippen LogP contribution is 2.33. The van der Waals surface area contributed by atoms with Crippen molar-refractivity contribution in [3.8, 4) is 5.75 Å². The van der Waals surface area contributed by atoms with Crippen LogP contribution in [0.4, 0.5) is 5.13 Å². The number of hydrogen-bond donors (Lipinski definition) is 1. The number of ether oxygens (including phenoxy) is 1. The van der Waals surface area contributed by atoms with Gasteiger partial charge in [-0.3, -0.25) is 14.5 Å². The van der Waals surface area contributed by atoms with Crippen molar-refractivity contribution in [1.82, 2.24) is 9.88 Å². The van der Waals surface area contributed by atoms with Crippen LogP contribution in [0.25, 0.3) is 6.08 Å². The highest BCUT2D eigenvalue weighted by Gasteiger charge is 2.31. The fourth-order valence-electron chi connectivity index (χ4n) is 4.80. The van der Waals surface area contributed by atoms with E-state index in [1.807, 2.05) is 42.5 Å². The van der Waals surface area contributed by atoms with Gasteiger partial charge in [0, 0.05) is 40.5 Å². The number of rotatable bonds is 10. The molecule has 1 aliphatic carbocycles. The zero-order chi connectivity index (χ0) is 28.8. The molecule has 0 unspecified atom stereocenters. The smallest absolute Gasteiger partial charge is 0.266 e. The molecule has 1 aliphatic heterocycles. The first-order chi connectivity index (χ1) is 19.8. The minimum Gasteiger partial charge on any atom is -0.490 e. The molecule has 1 aromatic heterocycles. The molecule has 2 fully saturated rings. The number of thiazole rings is 1. The van der Waals surface area contributed by atoms with E-state index in [9.17, 15) is 9.59 Å². The number of hydrogen-bond acceptors (Lipinski definition) is 7. The molecule has 1 saturated carbocycles. The topological polar surface area (TPSA) is 71.5 Å². The van der Waals surface area contributed by atoms with Gasteiger partial charge in [-0.2, -0.15) is 0 Å². The van der Waals surface area contributed by atoms with E-state index in [1.54, 1.807) is 17.2 Å². The van der Waals surface area contributed by atoms with E-state index in [1.165, 1.54) is 42.4 Å². The molecule has 2 aromatic carbocycles. The van der Waals surface area contributed by atoms with Crippen molar-refractivity contribution >= 4 is 85.9 Å². The van der Waals surface area contributed by atoms with Crippen LogP contribution in [0, 0.1) is 0 Å². The van der Waals surface area contributed by atoms with E-state index in [4.69, 9.17) is 40.2 Å². The lowest BCUT2D eigenvalue weighted by atomic mass is 9.98. The fourth-order valence-corrected chi connectivity index (χ4v) is 7.55. The number of anilines is 1. The van der Waals surface area contributed by atoms with Gasteiger partial charge in [0.05, 0.1) is 11.0 Å². The zero-order valence-electron chi connectivity index (χ0n) is 22.2. The summed E-state index contributed by atoms with van der Waals surface area (Å²) in [5.74, 6) is 0.571. The number of carbonyl (C=O) groups is 2. The predicted octanol–water partition coefficient (Wildman–Crippen LogP) is 8.37. The Hall–Kier alpha value is -2.43. The molecular formula is C30H29Cl2N3O3S3. The molecular weight excluding hydrogens is 617 g/mol. The second-order valence-corrected chi connectivity index (χ2v) is 13.7. The maximum absolute atomic E-state index is 13.0. The van der Waals surface area contributed by atoms with Crippen LogP contribution in [0.3, 0.4) is 0 Å². The van der Waals surface area contributed by atoms with Gasteiger partial charge in [0.15, 0.2) is 5.13 Å². The Bertz CT molecular complexity index is 1430. The maximum atomic E-state index is 13.0. The minimum atomic E-state index is -0.159. The van der Waals surface area contributed by atoms with Gasteiger partial charge in [0.2, 0.25) is 5.91 Å². The van der Waals surface area contributed by atoms with Gasteiger partial charge >= 0.3 is 0 Å². The molecule has 3 aromatic rings. The lowest BCUT2D eigenvalue weighted by molar-refractivity contribution is -0.122. The van der Waals surface area contributed by atoms with Gasteiger partial charge in [0.1, 0.15) is 10.1 Å². The zero-order valence-corrected chi connectivity index (χ0v) is 26.2. The Labute approximate surface area is 263 Å². The van der Waals surface area contributed by atoms with Gasteiger partial charge in [0.25, 0.3) is 5.91 Å². The van der Waals surface area contributed by atoms with Crippen molar-refractivity contribution in [3.05, 3.63) is 79.6 Å². The van der Waals surface area contributed by atoms with Crippen LogP contribution in [0.1, 0.15) is 60.9 Å². The maximum Gasteiger partial charge on any atom is 0.266 e. The van der Waals surface area contributed by atoms with E-state index in [2.05, 4.69) is 10.3 Å². The monoisotopic (exact) mass is 645 g/mol. The van der Waals surface area contributed by atoms with E-state index in [0.29, 0.717) is 49.9 Å². The average molecular weight is 647 g/mol. The molecule has 0 spiro atoms. The Morgan fingerprint density at radius 3 is 2.59 bits per heavy atom. The number of nitrogens with one attached hydrogen (secondary N) is 1. The number of aromatic nitrogens is 1. The van der Waals surface area contributed by atoms with Crippen LogP contribution in [-0.4, -0.2) is 38.7 Å². The first kappa shape index (κ1) is 30.0. The summed E-state index contributed by atoms with van der Waals surface area (Å²) >= 11 is 20.3. The first-order valence-electron chi connectivity index (χ1n) is 13.5. The van der Waals surface area contributed by atoms with Crippen molar-refractivity contribution in [3.63, 3.8) is 0 Å². The SMILES string of the molecule is O=C(CCCN1C(=O)/C(=C/c2ccc(OC3CCCCC3)cc2)SC1=S)Nc1ncc(Cc2cc(Cl)cc(Cl)c2)s1. The summed E-state index contributed by atoms with van der Waals surface area (Å²) in [6, 6.07) is 13.2. The van der Waals surface area contributed by atoms with Crippen molar-refractivity contribution < 1.29 is 14.3 Å². The highest BCUT2D eigenvalue weighted by atomic mass is 35.5. The van der Waals surface area contributed by atoms with Gasteiger partial charge in [-0.05, 0) is 79.6 Å². The lowest BCUT2D eigenvalue weighted by Crippen LogP contribution is -2.29. The molecule has 0 atom stereocenters. The van der Waals surface area contributed by atoms with E-state index < -0.39 is 0 Å². The Morgan fingerprint density at radius 2 is 1.85 bits per heavy atom. The van der Waals surface area contributed by atoms with Crippen molar-refractivity contribution in [2.24, 2.45) is 0 Å². The molecule has 11 heteroatoms. The number of halogens is 2. The van der Waals surface area contributed by atoms with Crippen LogP contribution in [0.5, 0.6) is 5.75 Å². The molecule has 2 heterocycles. The number of nitrogens with zero attached hydrogens (tertiary/aromatic N) is 2. The van der Waals surface area contributed by atoms with E-state index in [0.717, 1.165) is 34.6 Å². The number of thioether (sulfide) groups is 1. The summed E-state index contributed by atoms with van der Waals surface area (Å²) in [5, 5.41) is 4.53. The molecule has 0 radical (unpaired) electrons. The molecule has 2 amide bonds. The Morgan fingerprint density at radius 1 is 1.12 bits per heavy atom. The van der Waals surface area contributed by atoms with Gasteiger partial charge in [-0.15, -0.1) is 11.3 Å². The standard InChI is InChI=1S/C30H29Cl2N3O3S3/c31-21-13-20(14-22(32)17-21)15-25-18-33-29(40-25)34-27(36)7-4-12-35-28(37)26(41-30(35)39)16-19-8-10-24(11-9-19)38-23-5-2-1-3-6-23/h8-11,13-14,16-18,23H,1-7,12,15H2,(H,33,34,36)/b26-16-. The van der Waals surface area contributed by atoms with Crippen molar-refractivity contribution in [1.29, 1.82) is 0 Å². The third-order valence-electron chi connectivity index (χ3n) is 6.79. The van der Waals surface area contributed by atoms with E-state index >= 15 is 0 Å². The van der Waals surface area contributed by atoms with Crippen LogP contribution in [0.15, 0.2) is 53.6 Å². The quantitative estimate of drug-likeness (QED) is 0.176. The largest absolute Gasteiger partial charge is 0.490 e. The number of carbonyl (C=O) groups excluding carboxylic acids is 2. The van der Waals surface area contributed by atoms with Crippen molar-refractivity contribution in [2.45, 2.75) is 57.5 Å². The summed E-state index contributed by atoms with van der Waals surface area (Å²) < 4.78 is 6.61. The van der Waals surface area contributed by atoms with E-state index in [-0.39, 0.29) is 18.2 Å². The van der Waals surface area contributed by atoms with Crippen LogP contribution >= 0.6 is 58.5 Å². The Balaban J connectivity index is 1.08. The number of benzene rings is 2. The molecule has 214 valence electrons. The molecule has 41 heavy (non-hydrogen) atoms. The predicted molar refractivity (Wildman–Crippen MR) is 173 cm³/mol. The second-order valence-electron chi connectivity index (χ2n) is 10.0. The lowest BCUT2D eigenvalue weighted by Gasteiger charge is -2.22. The van der Waals surface area contributed by atoms with Gasteiger partial charge in [-0.25, -0.2) is 4.98 Å². The second kappa shape index (κ2) is 14.2. The summed E-state index contributed by atoms with van der Waals surface area (Å²) in [6.45, 7) is 0.377. The third-order valence-corrected chi connectivity index (χ3v) is 9.52. The normalized spacial score (nSPS) is 16.9. The van der Waals surface area contributed by atoms with Gasteiger partial charge < -0.3 is 10.1 Å². The average Bonchev–Trinajstić information content (AvgIpc) is 3.48. The number of amides is 2. The summed E-state index contributed by atoms with van der Waals surface area (Å²) in [6.07, 6.45) is 11.2. The molecule has 1 saturated heterocycles. The Kier molecular flexibility index (Phi) is 10.4. The minimum absolute atomic E-state index is 0.131. The first-order valence-corrected chi connectivity index (χ1v) is 16.3. The summed E-state index contributed by atoms with van der Waals surface area (Å²) in [4.78, 5) is 33.0. The molecule has 2 aliphatic rings. The summed E-state index contributed by atoms with van der Waals surface area (Å²) in [7, 11) is 0. The molecule has 1 N–H and O–H groups in total. The third kappa shape index (κ3) is 8.55. The fraction of sp³-hybridized carbons (Fsp3) is 0.333. The van der Waals surface area contributed by atoms with Crippen LogP contribution < -0.4 is 10.1 Å². The highest BCUT2D eigenvalue weighted by molar-refractivity contribution is 8.26. The number of thiocarbonyl (C=S) groups is 1. The van der Waals surface area contributed by atoms with Crippen LogP contribution in [-0.2, 0) is 16.0 Å². The molecule has 0 bridgehead atoms. The van der Waals surface area contributed by atoms with Crippen LogP contribution in [0.2, 0.25) is 10.0 Å². The van der Waals surface area contributed by atoms with Gasteiger partial charge in [-0.1, -0.05) is 65.7 Å². The molecule has 6 nitrogen and oxygen atoms in total. The molecule has 5 rings (SSSR count).